The summed E-state index contributed by atoms with van der Waals surface area (Å²) in [6.07, 6.45) is 0. The molecule has 0 radical (unpaired) electrons. The monoisotopic (exact) mass is 449 g/mol. The van der Waals surface area contributed by atoms with Gasteiger partial charge in [-0.2, -0.15) is 0 Å². The molecule has 166 valence electrons. The minimum Gasteiger partial charge on any atom is -0.482 e. The van der Waals surface area contributed by atoms with Crippen LogP contribution in [0.5, 0.6) is 11.5 Å². The van der Waals surface area contributed by atoms with Crippen molar-refractivity contribution >= 4 is 23.5 Å². The summed E-state index contributed by atoms with van der Waals surface area (Å²) >= 11 is 0. The second-order valence-corrected chi connectivity index (χ2v) is 7.64. The van der Waals surface area contributed by atoms with Crippen LogP contribution in [0.25, 0.3) is 11.1 Å². The number of hydrogen-bond donors (Lipinski definition) is 0. The highest BCUT2D eigenvalue weighted by Crippen LogP contribution is 2.30. The topological polar surface area (TPSA) is 72.9 Å². The zero-order valence-electron chi connectivity index (χ0n) is 18.0. The Balaban J connectivity index is 1.22. The van der Waals surface area contributed by atoms with E-state index in [-0.39, 0.29) is 12.4 Å². The first-order valence-corrected chi connectivity index (χ1v) is 10.7. The highest BCUT2D eigenvalue weighted by atomic mass is 16.6. The van der Waals surface area contributed by atoms with Crippen LogP contribution >= 0.6 is 0 Å². The Morgan fingerprint density at radius 2 is 1.26 bits per heavy atom. The van der Waals surface area contributed by atoms with Crippen molar-refractivity contribution < 1.29 is 23.9 Å². The third-order valence-electron chi connectivity index (χ3n) is 5.42. The zero-order valence-corrected chi connectivity index (χ0v) is 18.0. The van der Waals surface area contributed by atoms with Crippen LogP contribution in [0.4, 0.5) is 5.69 Å². The molecule has 6 nitrogen and oxygen atoms in total. The summed E-state index contributed by atoms with van der Waals surface area (Å²) in [5, 5.41) is 0. The SMILES string of the molecule is O=C(COc1ccc(-c2ccccc2)cc1)Oc1cccc(N2C(=O)c3ccccc3C2=O)c1. The summed E-state index contributed by atoms with van der Waals surface area (Å²) in [6.45, 7) is -0.290. The van der Waals surface area contributed by atoms with Crippen LogP contribution in [-0.2, 0) is 4.79 Å². The number of rotatable bonds is 6. The fourth-order valence-electron chi connectivity index (χ4n) is 3.79. The van der Waals surface area contributed by atoms with E-state index < -0.39 is 17.8 Å². The van der Waals surface area contributed by atoms with Gasteiger partial charge >= 0.3 is 5.97 Å². The Kier molecular flexibility index (Phi) is 5.62. The van der Waals surface area contributed by atoms with Crippen molar-refractivity contribution in [3.63, 3.8) is 0 Å². The summed E-state index contributed by atoms with van der Waals surface area (Å²) in [7, 11) is 0. The summed E-state index contributed by atoms with van der Waals surface area (Å²) < 4.78 is 10.9. The molecule has 2 amide bonds. The molecule has 4 aromatic carbocycles. The first-order chi connectivity index (χ1) is 16.6. The highest BCUT2D eigenvalue weighted by Gasteiger charge is 2.36. The molecule has 1 heterocycles. The number of anilines is 1. The molecule has 0 saturated carbocycles. The zero-order chi connectivity index (χ0) is 23.5. The van der Waals surface area contributed by atoms with Crippen molar-refractivity contribution in [3.8, 4) is 22.6 Å². The molecule has 0 N–H and O–H groups in total. The molecule has 0 saturated heterocycles. The standard InChI is InChI=1S/C28H19NO5/c30-26(18-33-22-15-13-20(14-16-22)19-7-2-1-3-8-19)34-23-10-6-9-21(17-23)29-27(31)24-11-4-5-12-25(24)28(29)32/h1-17H,18H2. The minimum atomic E-state index is -0.605. The number of carbonyl (C=O) groups is 3. The summed E-state index contributed by atoms with van der Waals surface area (Å²) in [4.78, 5) is 38.8. The summed E-state index contributed by atoms with van der Waals surface area (Å²) in [5.74, 6) is -0.678. The van der Waals surface area contributed by atoms with Crippen molar-refractivity contribution in [3.05, 3.63) is 114 Å². The van der Waals surface area contributed by atoms with Crippen LogP contribution in [-0.4, -0.2) is 24.4 Å². The molecular formula is C28H19NO5. The Morgan fingerprint density at radius 1 is 0.647 bits per heavy atom. The first-order valence-electron chi connectivity index (χ1n) is 10.7. The lowest BCUT2D eigenvalue weighted by molar-refractivity contribution is -0.136. The van der Waals surface area contributed by atoms with E-state index in [0.717, 1.165) is 16.0 Å². The van der Waals surface area contributed by atoms with Gasteiger partial charge in [-0.3, -0.25) is 9.59 Å². The van der Waals surface area contributed by atoms with Crippen LogP contribution in [0.1, 0.15) is 20.7 Å². The van der Waals surface area contributed by atoms with Crippen molar-refractivity contribution in [2.24, 2.45) is 0 Å². The van der Waals surface area contributed by atoms with E-state index in [1.807, 2.05) is 42.5 Å². The predicted octanol–water partition coefficient (Wildman–Crippen LogP) is 5.14. The maximum Gasteiger partial charge on any atom is 0.349 e. The highest BCUT2D eigenvalue weighted by molar-refractivity contribution is 6.34. The van der Waals surface area contributed by atoms with Crippen molar-refractivity contribution in [2.45, 2.75) is 0 Å². The maximum atomic E-state index is 12.7. The number of nitrogens with zero attached hydrogens (tertiary/aromatic N) is 1. The van der Waals surface area contributed by atoms with Crippen molar-refractivity contribution in [1.29, 1.82) is 0 Å². The molecule has 1 aliphatic rings. The maximum absolute atomic E-state index is 12.7. The van der Waals surface area contributed by atoms with Crippen molar-refractivity contribution in [1.82, 2.24) is 0 Å². The number of amides is 2. The van der Waals surface area contributed by atoms with Crippen LogP contribution in [0, 0.1) is 0 Å². The average molecular weight is 449 g/mol. The Hall–Kier alpha value is -4.71. The largest absolute Gasteiger partial charge is 0.482 e. The molecular weight excluding hydrogens is 430 g/mol. The lowest BCUT2D eigenvalue weighted by Crippen LogP contribution is -2.29. The van der Waals surface area contributed by atoms with E-state index in [9.17, 15) is 14.4 Å². The van der Waals surface area contributed by atoms with E-state index in [0.29, 0.717) is 22.6 Å². The van der Waals surface area contributed by atoms with Gasteiger partial charge in [0.2, 0.25) is 0 Å². The van der Waals surface area contributed by atoms with Crippen LogP contribution in [0.3, 0.4) is 0 Å². The normalized spacial score (nSPS) is 12.4. The van der Waals surface area contributed by atoms with Gasteiger partial charge in [0.05, 0.1) is 16.8 Å². The Bertz CT molecular complexity index is 1340. The van der Waals surface area contributed by atoms with Gasteiger partial charge in [-0.25, -0.2) is 9.69 Å². The van der Waals surface area contributed by atoms with Gasteiger partial charge in [0, 0.05) is 6.07 Å². The number of ether oxygens (including phenoxy) is 2. The number of esters is 1. The minimum absolute atomic E-state index is 0.210. The fourth-order valence-corrected chi connectivity index (χ4v) is 3.79. The van der Waals surface area contributed by atoms with Gasteiger partial charge in [-0.1, -0.05) is 60.7 Å². The van der Waals surface area contributed by atoms with Gasteiger partial charge in [0.1, 0.15) is 11.5 Å². The van der Waals surface area contributed by atoms with Gasteiger partial charge in [0.15, 0.2) is 6.61 Å². The third kappa shape index (κ3) is 4.17. The molecule has 0 aromatic heterocycles. The van der Waals surface area contributed by atoms with E-state index in [2.05, 4.69) is 0 Å². The molecule has 6 heteroatoms. The second-order valence-electron chi connectivity index (χ2n) is 7.64. The lowest BCUT2D eigenvalue weighted by Gasteiger charge is -2.15. The van der Waals surface area contributed by atoms with E-state index >= 15 is 0 Å². The molecule has 34 heavy (non-hydrogen) atoms. The fraction of sp³-hybridized carbons (Fsp3) is 0.0357. The van der Waals surface area contributed by atoms with Crippen LogP contribution in [0.15, 0.2) is 103 Å². The first kappa shape index (κ1) is 21.2. The van der Waals surface area contributed by atoms with Crippen LogP contribution < -0.4 is 14.4 Å². The van der Waals surface area contributed by atoms with Gasteiger partial charge in [-0.15, -0.1) is 0 Å². The molecule has 4 aromatic rings. The quantitative estimate of drug-likeness (QED) is 0.232. The Labute approximate surface area is 196 Å². The van der Waals surface area contributed by atoms with Gasteiger partial charge in [0.25, 0.3) is 11.8 Å². The predicted molar refractivity (Wildman–Crippen MR) is 127 cm³/mol. The van der Waals surface area contributed by atoms with Crippen LogP contribution in [0.2, 0.25) is 0 Å². The van der Waals surface area contributed by atoms with Gasteiger partial charge < -0.3 is 9.47 Å². The number of fused-ring (bicyclic) bond motifs is 1. The molecule has 0 bridgehead atoms. The van der Waals surface area contributed by atoms with E-state index in [1.54, 1.807) is 54.6 Å². The number of benzene rings is 4. The van der Waals surface area contributed by atoms with E-state index in [4.69, 9.17) is 9.47 Å². The number of imide groups is 1. The molecule has 5 rings (SSSR count). The smallest absolute Gasteiger partial charge is 0.349 e. The Morgan fingerprint density at radius 3 is 1.94 bits per heavy atom. The van der Waals surface area contributed by atoms with Gasteiger partial charge in [-0.05, 0) is 47.5 Å². The number of hydrogen-bond acceptors (Lipinski definition) is 5. The summed E-state index contributed by atoms with van der Waals surface area (Å²) in [6, 6.07) is 30.3. The molecule has 0 unspecified atom stereocenters. The van der Waals surface area contributed by atoms with Crippen molar-refractivity contribution in [2.75, 3.05) is 11.5 Å². The summed E-state index contributed by atoms with van der Waals surface area (Å²) in [5.41, 5.74) is 3.16. The third-order valence-corrected chi connectivity index (χ3v) is 5.42. The molecule has 0 aliphatic carbocycles. The molecule has 0 fully saturated rings. The average Bonchev–Trinajstić information content (AvgIpc) is 3.14. The molecule has 0 atom stereocenters. The second kappa shape index (κ2) is 9.03. The number of carbonyl (C=O) groups excluding carboxylic acids is 3. The lowest BCUT2D eigenvalue weighted by atomic mass is 10.1. The van der Waals surface area contributed by atoms with E-state index in [1.165, 1.54) is 6.07 Å². The molecule has 0 spiro atoms. The molecule has 1 aliphatic heterocycles.